The molecule has 0 aliphatic carbocycles. The van der Waals surface area contributed by atoms with Gasteiger partial charge in [0, 0.05) is 18.2 Å². The second kappa shape index (κ2) is 9.65. The molecule has 0 fully saturated rings. The molecule has 8 nitrogen and oxygen atoms in total. The summed E-state index contributed by atoms with van der Waals surface area (Å²) >= 11 is 4.00. The van der Waals surface area contributed by atoms with Crippen molar-refractivity contribution in [2.75, 3.05) is 40.0 Å². The minimum Gasteiger partial charge on any atom is -0.548 e. The number of esters is 1. The molecule has 0 bridgehead atoms. The van der Waals surface area contributed by atoms with Crippen LogP contribution in [0.1, 0.15) is 12.8 Å². The lowest BCUT2D eigenvalue weighted by molar-refractivity contribution is -0.870. The molecule has 2 atom stereocenters. The first-order valence-electron chi connectivity index (χ1n) is 6.90. The summed E-state index contributed by atoms with van der Waals surface area (Å²) in [6.45, 7) is 0.873. The maximum Gasteiger partial charge on any atom is 0.329 e. The third-order valence-corrected chi connectivity index (χ3v) is 3.16. The zero-order valence-electron chi connectivity index (χ0n) is 13.2. The number of likely N-dealkylation sites (N-methyl/N-ethyl adjacent to an activating group) is 1. The molecule has 0 aromatic carbocycles. The Balaban J connectivity index is 4.20. The van der Waals surface area contributed by atoms with Gasteiger partial charge in [-0.1, -0.05) is 0 Å². The molecular formula is C13H25N3O5S. The van der Waals surface area contributed by atoms with E-state index in [9.17, 15) is 19.5 Å². The number of rotatable bonds is 10. The Bertz CT molecular complexity index is 398. The SMILES string of the molecule is C[N+](C)(C)CCOC(=O)[C@H](CS)NC(=O)CC[C@@H](N)C(=O)[O-]. The van der Waals surface area contributed by atoms with Crippen molar-refractivity contribution in [2.45, 2.75) is 24.9 Å². The molecule has 0 rings (SSSR count). The molecule has 22 heavy (non-hydrogen) atoms. The van der Waals surface area contributed by atoms with Gasteiger partial charge in [0.2, 0.25) is 5.91 Å². The van der Waals surface area contributed by atoms with Crippen LogP contribution in [0.15, 0.2) is 0 Å². The van der Waals surface area contributed by atoms with Crippen LogP contribution in [0.25, 0.3) is 0 Å². The largest absolute Gasteiger partial charge is 0.548 e. The summed E-state index contributed by atoms with van der Waals surface area (Å²) in [4.78, 5) is 33.9. The zero-order valence-corrected chi connectivity index (χ0v) is 14.1. The first-order chi connectivity index (χ1) is 10.1. The van der Waals surface area contributed by atoms with E-state index >= 15 is 0 Å². The van der Waals surface area contributed by atoms with Crippen molar-refractivity contribution >= 4 is 30.5 Å². The number of carbonyl (C=O) groups is 3. The number of nitrogens with two attached hydrogens (primary N) is 1. The average molecular weight is 335 g/mol. The summed E-state index contributed by atoms with van der Waals surface area (Å²) in [6, 6.07) is -2.08. The second-order valence-corrected chi connectivity index (χ2v) is 6.31. The van der Waals surface area contributed by atoms with E-state index in [1.54, 1.807) is 0 Å². The Morgan fingerprint density at radius 2 is 1.91 bits per heavy atom. The molecule has 0 aliphatic rings. The van der Waals surface area contributed by atoms with Gasteiger partial charge in [-0.25, -0.2) is 4.79 Å². The number of thiol groups is 1. The summed E-state index contributed by atoms with van der Waals surface area (Å²) in [6.07, 6.45) is -0.185. The predicted molar refractivity (Wildman–Crippen MR) is 81.9 cm³/mol. The molecule has 9 heteroatoms. The van der Waals surface area contributed by atoms with Crippen LogP contribution in [-0.4, -0.2) is 74.5 Å². The summed E-state index contributed by atoms with van der Waals surface area (Å²) < 4.78 is 5.73. The van der Waals surface area contributed by atoms with E-state index in [1.807, 2.05) is 21.1 Å². The molecule has 0 unspecified atom stereocenters. The lowest BCUT2D eigenvalue weighted by Gasteiger charge is -2.24. The van der Waals surface area contributed by atoms with Crippen molar-refractivity contribution in [1.82, 2.24) is 5.32 Å². The third kappa shape index (κ3) is 9.59. The highest BCUT2D eigenvalue weighted by atomic mass is 32.1. The van der Waals surface area contributed by atoms with E-state index in [2.05, 4.69) is 17.9 Å². The molecule has 0 saturated heterocycles. The van der Waals surface area contributed by atoms with Crippen LogP contribution in [0, 0.1) is 0 Å². The van der Waals surface area contributed by atoms with Crippen LogP contribution >= 0.6 is 12.6 Å². The number of ether oxygens (including phenoxy) is 1. The molecule has 0 aliphatic heterocycles. The molecular weight excluding hydrogens is 310 g/mol. The van der Waals surface area contributed by atoms with E-state index in [4.69, 9.17) is 10.5 Å². The molecule has 128 valence electrons. The topological polar surface area (TPSA) is 122 Å². The lowest BCUT2D eigenvalue weighted by Crippen LogP contribution is -2.46. The van der Waals surface area contributed by atoms with E-state index in [1.165, 1.54) is 0 Å². The number of aliphatic carboxylic acids is 1. The van der Waals surface area contributed by atoms with E-state index in [0.717, 1.165) is 0 Å². The quantitative estimate of drug-likeness (QED) is 0.231. The lowest BCUT2D eigenvalue weighted by atomic mass is 10.1. The smallest absolute Gasteiger partial charge is 0.329 e. The number of quaternary nitrogens is 1. The number of hydrogen-bond acceptors (Lipinski definition) is 7. The summed E-state index contributed by atoms with van der Waals surface area (Å²) in [5.41, 5.74) is 5.24. The summed E-state index contributed by atoms with van der Waals surface area (Å²) in [7, 11) is 5.89. The molecule has 0 radical (unpaired) electrons. The van der Waals surface area contributed by atoms with Crippen molar-refractivity contribution in [3.63, 3.8) is 0 Å². The molecule has 0 aromatic rings. The van der Waals surface area contributed by atoms with Crippen LogP contribution < -0.4 is 16.2 Å². The number of carboxylic acid groups (broad SMARTS) is 1. The van der Waals surface area contributed by atoms with Gasteiger partial charge in [0.15, 0.2) is 0 Å². The van der Waals surface area contributed by atoms with Gasteiger partial charge in [-0.15, -0.1) is 0 Å². The van der Waals surface area contributed by atoms with Crippen molar-refractivity contribution in [2.24, 2.45) is 5.73 Å². The standard InChI is InChI=1S/C13H25N3O5S/c1-16(2,3)6-7-21-13(20)10(8-22)15-11(17)5-4-9(14)12(18)19/h9-10H,4-8,14H2,1-3H3,(H2-,15,17,18,19,22)/t9-,10+/m1/s1. The molecule has 0 aromatic heterocycles. The first kappa shape index (κ1) is 20.7. The van der Waals surface area contributed by atoms with Gasteiger partial charge in [-0.2, -0.15) is 12.6 Å². The van der Waals surface area contributed by atoms with E-state index in [0.29, 0.717) is 11.0 Å². The van der Waals surface area contributed by atoms with Gasteiger partial charge < -0.3 is 30.2 Å². The second-order valence-electron chi connectivity index (χ2n) is 5.95. The maximum absolute atomic E-state index is 11.8. The van der Waals surface area contributed by atoms with Crippen molar-refractivity contribution in [3.8, 4) is 0 Å². The Labute approximate surface area is 136 Å². The number of nitrogens with zero attached hydrogens (tertiary/aromatic N) is 1. The summed E-state index contributed by atoms with van der Waals surface area (Å²) in [5, 5.41) is 12.9. The van der Waals surface area contributed by atoms with Crippen molar-refractivity contribution < 1.29 is 28.7 Å². The van der Waals surface area contributed by atoms with Gasteiger partial charge in [-0.05, 0) is 6.42 Å². The number of carbonyl (C=O) groups excluding carboxylic acids is 3. The fourth-order valence-electron chi connectivity index (χ4n) is 1.37. The molecule has 0 spiro atoms. The highest BCUT2D eigenvalue weighted by molar-refractivity contribution is 7.80. The Morgan fingerprint density at radius 1 is 1.32 bits per heavy atom. The van der Waals surface area contributed by atoms with Crippen molar-refractivity contribution in [3.05, 3.63) is 0 Å². The third-order valence-electron chi connectivity index (χ3n) is 2.79. The normalized spacial score (nSPS) is 14.0. The number of amides is 1. The Hall–Kier alpha value is -1.32. The van der Waals surface area contributed by atoms with Crippen LogP contribution in [0.3, 0.4) is 0 Å². The highest BCUT2D eigenvalue weighted by Crippen LogP contribution is 1.99. The minimum atomic E-state index is -1.42. The fraction of sp³-hybridized carbons (Fsp3) is 0.769. The first-order valence-corrected chi connectivity index (χ1v) is 7.54. The van der Waals surface area contributed by atoms with Crippen molar-refractivity contribution in [1.29, 1.82) is 0 Å². The molecule has 0 heterocycles. The minimum absolute atomic E-state index is 0.0655. The monoisotopic (exact) mass is 335 g/mol. The van der Waals surface area contributed by atoms with Gasteiger partial charge in [0.1, 0.15) is 19.2 Å². The number of nitrogens with one attached hydrogen (secondary N) is 1. The fourth-order valence-corrected chi connectivity index (χ4v) is 1.61. The Kier molecular flexibility index (Phi) is 9.07. The zero-order chi connectivity index (χ0) is 17.3. The predicted octanol–water partition coefficient (Wildman–Crippen LogP) is -2.49. The van der Waals surface area contributed by atoms with Crippen LogP contribution in [-0.2, 0) is 19.1 Å². The molecule has 0 saturated carbocycles. The molecule has 1 amide bonds. The highest BCUT2D eigenvalue weighted by Gasteiger charge is 2.22. The maximum atomic E-state index is 11.8. The van der Waals surface area contributed by atoms with Gasteiger partial charge in [0.05, 0.1) is 27.1 Å². The van der Waals surface area contributed by atoms with Crippen LogP contribution in [0.4, 0.5) is 0 Å². The van der Waals surface area contributed by atoms with Crippen LogP contribution in [0.5, 0.6) is 0 Å². The van der Waals surface area contributed by atoms with Gasteiger partial charge >= 0.3 is 5.97 Å². The van der Waals surface area contributed by atoms with E-state index in [-0.39, 0.29) is 25.2 Å². The Morgan fingerprint density at radius 3 is 2.36 bits per heavy atom. The molecule has 3 N–H and O–H groups in total. The van der Waals surface area contributed by atoms with E-state index < -0.39 is 29.9 Å². The number of carboxylic acids is 1. The van der Waals surface area contributed by atoms with Gasteiger partial charge in [0.25, 0.3) is 0 Å². The number of hydrogen-bond donors (Lipinski definition) is 3. The average Bonchev–Trinajstić information content (AvgIpc) is 2.40. The van der Waals surface area contributed by atoms with Gasteiger partial charge in [-0.3, -0.25) is 4.79 Å². The van der Waals surface area contributed by atoms with Crippen LogP contribution in [0.2, 0.25) is 0 Å². The summed E-state index contributed by atoms with van der Waals surface area (Å²) in [5.74, 6) is -2.39.